The van der Waals surface area contributed by atoms with Crippen molar-refractivity contribution >= 4 is 23.3 Å². The van der Waals surface area contributed by atoms with E-state index in [1.54, 1.807) is 36.3 Å². The molecule has 0 aliphatic carbocycles. The number of aliphatic hydroxyl groups is 1. The average Bonchev–Trinajstić information content (AvgIpc) is 3.01. The summed E-state index contributed by atoms with van der Waals surface area (Å²) in [5.74, 6) is 1.32. The first-order valence-electron chi connectivity index (χ1n) is 13.9. The minimum Gasteiger partial charge on any atom is -0.497 e. The Labute approximate surface area is 242 Å². The maximum absolute atomic E-state index is 13.5. The van der Waals surface area contributed by atoms with Crippen LogP contribution in [0.4, 0.5) is 16.2 Å². The first kappa shape index (κ1) is 29.9. The Hall–Kier alpha value is -4.08. The van der Waals surface area contributed by atoms with Gasteiger partial charge >= 0.3 is 6.03 Å². The summed E-state index contributed by atoms with van der Waals surface area (Å²) in [6.07, 6.45) is -0.132. The van der Waals surface area contributed by atoms with Gasteiger partial charge in [0.1, 0.15) is 17.6 Å². The summed E-state index contributed by atoms with van der Waals surface area (Å²) < 4.78 is 11.9. The van der Waals surface area contributed by atoms with E-state index in [9.17, 15) is 14.7 Å². The van der Waals surface area contributed by atoms with Crippen molar-refractivity contribution in [2.24, 2.45) is 5.92 Å². The minimum atomic E-state index is -0.381. The molecule has 9 heteroatoms. The summed E-state index contributed by atoms with van der Waals surface area (Å²) in [5.41, 5.74) is 3.06. The van der Waals surface area contributed by atoms with Crippen LogP contribution in [0.5, 0.6) is 11.5 Å². The zero-order chi connectivity index (χ0) is 29.4. The van der Waals surface area contributed by atoms with Gasteiger partial charge in [0.2, 0.25) is 5.91 Å². The van der Waals surface area contributed by atoms with Crippen molar-refractivity contribution in [3.05, 3.63) is 83.9 Å². The van der Waals surface area contributed by atoms with E-state index in [2.05, 4.69) is 22.5 Å². The smallest absolute Gasteiger partial charge is 0.323 e. The van der Waals surface area contributed by atoms with Gasteiger partial charge in [-0.3, -0.25) is 9.69 Å². The fourth-order valence-electron chi connectivity index (χ4n) is 4.95. The van der Waals surface area contributed by atoms with Crippen molar-refractivity contribution in [1.82, 2.24) is 9.80 Å². The number of carbonyl (C=O) groups excluding carboxylic acids is 2. The predicted octanol–water partition coefficient (Wildman–Crippen LogP) is 4.62. The Balaban J connectivity index is 1.55. The zero-order valence-electron chi connectivity index (χ0n) is 24.2. The molecule has 0 bridgehead atoms. The molecule has 0 saturated carbocycles. The largest absolute Gasteiger partial charge is 0.497 e. The highest BCUT2D eigenvalue weighted by atomic mass is 16.5. The lowest BCUT2D eigenvalue weighted by atomic mass is 10.0. The number of nitrogens with one attached hydrogen (secondary N) is 2. The molecule has 0 radical (unpaired) electrons. The highest BCUT2D eigenvalue weighted by Crippen LogP contribution is 2.29. The maximum Gasteiger partial charge on any atom is 0.323 e. The number of amides is 3. The van der Waals surface area contributed by atoms with Crippen LogP contribution in [0.3, 0.4) is 0 Å². The molecule has 3 atom stereocenters. The van der Waals surface area contributed by atoms with Gasteiger partial charge in [0.15, 0.2) is 0 Å². The van der Waals surface area contributed by atoms with Crippen molar-refractivity contribution in [2.75, 3.05) is 44.5 Å². The van der Waals surface area contributed by atoms with E-state index < -0.39 is 0 Å². The lowest BCUT2D eigenvalue weighted by Gasteiger charge is -2.34. The molecule has 3 amide bonds. The van der Waals surface area contributed by atoms with Crippen LogP contribution in [-0.4, -0.2) is 72.8 Å². The van der Waals surface area contributed by atoms with E-state index in [4.69, 9.17) is 9.47 Å². The molecular formula is C32H40N4O5. The summed E-state index contributed by atoms with van der Waals surface area (Å²) in [5, 5.41) is 15.6. The summed E-state index contributed by atoms with van der Waals surface area (Å²) >= 11 is 0. The van der Waals surface area contributed by atoms with E-state index in [1.165, 1.54) is 0 Å². The predicted molar refractivity (Wildman–Crippen MR) is 160 cm³/mol. The second-order valence-corrected chi connectivity index (χ2v) is 10.7. The number of carbonyl (C=O) groups is 2. The summed E-state index contributed by atoms with van der Waals surface area (Å²) in [7, 11) is 3.70. The fourth-order valence-corrected chi connectivity index (χ4v) is 4.95. The van der Waals surface area contributed by atoms with Crippen molar-refractivity contribution < 1.29 is 24.2 Å². The van der Waals surface area contributed by atoms with Crippen LogP contribution in [0.25, 0.3) is 0 Å². The number of hydrogen-bond acceptors (Lipinski definition) is 6. The third kappa shape index (κ3) is 8.22. The molecular weight excluding hydrogens is 520 g/mol. The maximum atomic E-state index is 13.5. The third-order valence-electron chi connectivity index (χ3n) is 7.31. The van der Waals surface area contributed by atoms with Crippen LogP contribution in [0.15, 0.2) is 72.8 Å². The second kappa shape index (κ2) is 14.0. The van der Waals surface area contributed by atoms with Gasteiger partial charge in [-0.05, 0) is 62.0 Å². The normalized spacial score (nSPS) is 17.9. The number of aliphatic hydroxyl groups excluding tert-OH is 1. The highest BCUT2D eigenvalue weighted by molar-refractivity contribution is 5.99. The van der Waals surface area contributed by atoms with Crippen LogP contribution < -0.4 is 20.1 Å². The molecule has 41 heavy (non-hydrogen) atoms. The van der Waals surface area contributed by atoms with Crippen LogP contribution >= 0.6 is 0 Å². The Bertz CT molecular complexity index is 1300. The highest BCUT2D eigenvalue weighted by Gasteiger charge is 2.31. The van der Waals surface area contributed by atoms with Crippen LogP contribution in [0, 0.1) is 5.92 Å². The molecule has 218 valence electrons. The number of para-hydroxylation sites is 1. The monoisotopic (exact) mass is 560 g/mol. The summed E-state index contributed by atoms with van der Waals surface area (Å²) in [4.78, 5) is 30.0. The molecule has 0 unspecified atom stereocenters. The SMILES string of the molecule is COc1ccc(CN(C)C[C@H]2Oc3ccc(NC(=O)Nc4ccccc4)cc3CC(=O)N([C@@H](C)CO)C[C@H]2C)cc1. The van der Waals surface area contributed by atoms with Gasteiger partial charge in [-0.1, -0.05) is 37.3 Å². The molecule has 1 aliphatic heterocycles. The van der Waals surface area contributed by atoms with E-state index in [1.807, 2.05) is 62.5 Å². The van der Waals surface area contributed by atoms with Gasteiger partial charge in [0.05, 0.1) is 26.2 Å². The second-order valence-electron chi connectivity index (χ2n) is 10.7. The van der Waals surface area contributed by atoms with E-state index in [0.717, 1.165) is 17.9 Å². The van der Waals surface area contributed by atoms with Gasteiger partial charge in [-0.15, -0.1) is 0 Å². The number of nitrogens with zero attached hydrogens (tertiary/aromatic N) is 2. The zero-order valence-corrected chi connectivity index (χ0v) is 24.2. The van der Waals surface area contributed by atoms with Crippen molar-refractivity contribution in [3.8, 4) is 11.5 Å². The molecule has 0 spiro atoms. The Kier molecular flexibility index (Phi) is 10.2. The summed E-state index contributed by atoms with van der Waals surface area (Å²) in [6, 6.07) is 21.8. The minimum absolute atomic E-state index is 0.00771. The van der Waals surface area contributed by atoms with Gasteiger partial charge < -0.3 is 30.1 Å². The topological polar surface area (TPSA) is 103 Å². The number of benzene rings is 3. The average molecular weight is 561 g/mol. The standard InChI is InChI=1S/C32H40N4O5/c1-22-18-36(23(2)21-37)31(38)17-25-16-27(34-32(39)33-26-8-6-5-7-9-26)12-15-29(25)41-30(22)20-35(3)19-24-10-13-28(40-4)14-11-24/h5-16,22-23,30,37H,17-21H2,1-4H3,(H2,33,34,39)/t22-,23+,30-/m1/s1. The number of methoxy groups -OCH3 is 1. The van der Waals surface area contributed by atoms with Crippen molar-refractivity contribution in [1.29, 1.82) is 0 Å². The molecule has 9 nitrogen and oxygen atoms in total. The molecule has 3 N–H and O–H groups in total. The molecule has 3 aromatic rings. The van der Waals surface area contributed by atoms with Crippen molar-refractivity contribution in [2.45, 2.75) is 39.0 Å². The third-order valence-corrected chi connectivity index (χ3v) is 7.31. The van der Waals surface area contributed by atoms with E-state index >= 15 is 0 Å². The lowest BCUT2D eigenvalue weighted by Crippen LogP contribution is -2.47. The molecule has 0 saturated heterocycles. The van der Waals surface area contributed by atoms with E-state index in [0.29, 0.717) is 35.8 Å². The first-order chi connectivity index (χ1) is 19.7. The molecule has 4 rings (SSSR count). The number of rotatable bonds is 9. The van der Waals surface area contributed by atoms with Gasteiger partial charge in [0, 0.05) is 42.5 Å². The number of anilines is 2. The van der Waals surface area contributed by atoms with Gasteiger partial charge in [-0.25, -0.2) is 4.79 Å². The number of urea groups is 1. The molecule has 0 aromatic heterocycles. The quantitative estimate of drug-likeness (QED) is 0.353. The van der Waals surface area contributed by atoms with Crippen LogP contribution in [-0.2, 0) is 17.8 Å². The first-order valence-corrected chi connectivity index (χ1v) is 13.9. The number of ether oxygens (including phenoxy) is 2. The molecule has 1 heterocycles. The fraction of sp³-hybridized carbons (Fsp3) is 0.375. The molecule has 0 fully saturated rings. The van der Waals surface area contributed by atoms with Crippen LogP contribution in [0.2, 0.25) is 0 Å². The number of hydrogen-bond donors (Lipinski definition) is 3. The molecule has 1 aliphatic rings. The van der Waals surface area contributed by atoms with Gasteiger partial charge in [0.25, 0.3) is 0 Å². The Morgan fingerprint density at radius 1 is 1.10 bits per heavy atom. The number of likely N-dealkylation sites (N-methyl/N-ethyl adjacent to an activating group) is 1. The molecule has 3 aromatic carbocycles. The van der Waals surface area contributed by atoms with Crippen molar-refractivity contribution in [3.63, 3.8) is 0 Å². The lowest BCUT2D eigenvalue weighted by molar-refractivity contribution is -0.134. The van der Waals surface area contributed by atoms with Crippen LogP contribution in [0.1, 0.15) is 25.0 Å². The summed E-state index contributed by atoms with van der Waals surface area (Å²) in [6.45, 7) is 5.60. The van der Waals surface area contributed by atoms with Gasteiger partial charge in [-0.2, -0.15) is 0 Å². The Morgan fingerprint density at radius 2 is 1.80 bits per heavy atom. The Morgan fingerprint density at radius 3 is 2.49 bits per heavy atom. The number of fused-ring (bicyclic) bond motifs is 1. The van der Waals surface area contributed by atoms with E-state index in [-0.39, 0.29) is 43.0 Å².